The van der Waals surface area contributed by atoms with Crippen molar-refractivity contribution in [1.29, 1.82) is 0 Å². The van der Waals surface area contributed by atoms with E-state index in [1.54, 1.807) is 7.11 Å². The molecule has 0 aromatic heterocycles. The van der Waals surface area contributed by atoms with Gasteiger partial charge in [-0.05, 0) is 25.2 Å². The van der Waals surface area contributed by atoms with Gasteiger partial charge in [-0.15, -0.1) is 0 Å². The number of amides is 1. The van der Waals surface area contributed by atoms with E-state index in [4.69, 9.17) is 4.74 Å². The number of ether oxygens (including phenoxy) is 1. The molecule has 0 spiro atoms. The SMILES string of the molecule is COC1CCC(NCC(=O)NCC(C)C)C1. The Morgan fingerprint density at radius 3 is 2.75 bits per heavy atom. The first-order valence-electron chi connectivity index (χ1n) is 6.14. The topological polar surface area (TPSA) is 50.4 Å². The summed E-state index contributed by atoms with van der Waals surface area (Å²) in [6.45, 7) is 5.36. The van der Waals surface area contributed by atoms with E-state index in [9.17, 15) is 4.79 Å². The standard InChI is InChI=1S/C12H24N2O2/c1-9(2)7-14-12(15)8-13-10-4-5-11(6-10)16-3/h9-11,13H,4-8H2,1-3H3,(H,14,15). The highest BCUT2D eigenvalue weighted by molar-refractivity contribution is 5.77. The molecule has 16 heavy (non-hydrogen) atoms. The summed E-state index contributed by atoms with van der Waals surface area (Å²) in [7, 11) is 1.75. The first-order chi connectivity index (χ1) is 7.61. The van der Waals surface area contributed by atoms with E-state index in [-0.39, 0.29) is 5.91 Å². The fraction of sp³-hybridized carbons (Fsp3) is 0.917. The quantitative estimate of drug-likeness (QED) is 0.710. The Hall–Kier alpha value is -0.610. The number of rotatable bonds is 6. The molecule has 1 aliphatic carbocycles. The Balaban J connectivity index is 2.08. The molecule has 0 saturated heterocycles. The van der Waals surface area contributed by atoms with Crippen molar-refractivity contribution in [3.63, 3.8) is 0 Å². The van der Waals surface area contributed by atoms with Gasteiger partial charge >= 0.3 is 0 Å². The largest absolute Gasteiger partial charge is 0.381 e. The molecule has 1 amide bonds. The Labute approximate surface area is 98.1 Å². The van der Waals surface area contributed by atoms with E-state index in [0.29, 0.717) is 24.6 Å². The Morgan fingerprint density at radius 2 is 2.19 bits per heavy atom. The minimum Gasteiger partial charge on any atom is -0.381 e. The number of methoxy groups -OCH3 is 1. The zero-order valence-corrected chi connectivity index (χ0v) is 10.6. The van der Waals surface area contributed by atoms with Crippen LogP contribution in [0.2, 0.25) is 0 Å². The highest BCUT2D eigenvalue weighted by Gasteiger charge is 2.24. The van der Waals surface area contributed by atoms with Crippen LogP contribution in [0.15, 0.2) is 0 Å². The van der Waals surface area contributed by atoms with Crippen LogP contribution in [-0.2, 0) is 9.53 Å². The molecule has 2 unspecified atom stereocenters. The van der Waals surface area contributed by atoms with Crippen molar-refractivity contribution in [2.24, 2.45) is 5.92 Å². The van der Waals surface area contributed by atoms with Gasteiger partial charge in [-0.3, -0.25) is 4.79 Å². The molecule has 1 fully saturated rings. The van der Waals surface area contributed by atoms with Crippen LogP contribution in [-0.4, -0.2) is 38.3 Å². The maximum atomic E-state index is 11.5. The monoisotopic (exact) mass is 228 g/mol. The molecule has 1 aliphatic rings. The maximum Gasteiger partial charge on any atom is 0.233 e. The third-order valence-corrected chi connectivity index (χ3v) is 2.98. The molecule has 4 heteroatoms. The predicted molar refractivity (Wildman–Crippen MR) is 64.3 cm³/mol. The van der Waals surface area contributed by atoms with Gasteiger partial charge < -0.3 is 15.4 Å². The molecule has 0 bridgehead atoms. The van der Waals surface area contributed by atoms with Gasteiger partial charge in [0.15, 0.2) is 0 Å². The van der Waals surface area contributed by atoms with Gasteiger partial charge in [0.1, 0.15) is 0 Å². The van der Waals surface area contributed by atoms with E-state index >= 15 is 0 Å². The van der Waals surface area contributed by atoms with Crippen molar-refractivity contribution in [3.8, 4) is 0 Å². The molecule has 4 nitrogen and oxygen atoms in total. The second-order valence-corrected chi connectivity index (χ2v) is 4.95. The smallest absolute Gasteiger partial charge is 0.233 e. The number of nitrogens with one attached hydrogen (secondary N) is 2. The van der Waals surface area contributed by atoms with Crippen molar-refractivity contribution in [2.45, 2.75) is 45.3 Å². The lowest BCUT2D eigenvalue weighted by Gasteiger charge is -2.13. The van der Waals surface area contributed by atoms with Gasteiger partial charge in [-0.1, -0.05) is 13.8 Å². The normalized spacial score (nSPS) is 25.0. The van der Waals surface area contributed by atoms with Gasteiger partial charge in [0, 0.05) is 19.7 Å². The molecule has 0 heterocycles. The van der Waals surface area contributed by atoms with Crippen LogP contribution >= 0.6 is 0 Å². The van der Waals surface area contributed by atoms with Crippen LogP contribution in [0.3, 0.4) is 0 Å². The van der Waals surface area contributed by atoms with Crippen LogP contribution in [0.4, 0.5) is 0 Å². The predicted octanol–water partition coefficient (Wildman–Crippen LogP) is 0.916. The fourth-order valence-electron chi connectivity index (χ4n) is 1.96. The summed E-state index contributed by atoms with van der Waals surface area (Å²) < 4.78 is 5.29. The zero-order chi connectivity index (χ0) is 12.0. The summed E-state index contributed by atoms with van der Waals surface area (Å²) in [6, 6.07) is 0.440. The molecule has 1 saturated carbocycles. The van der Waals surface area contributed by atoms with E-state index in [0.717, 1.165) is 25.8 Å². The Bertz CT molecular complexity index is 219. The third-order valence-electron chi connectivity index (χ3n) is 2.98. The van der Waals surface area contributed by atoms with E-state index in [1.165, 1.54) is 0 Å². The summed E-state index contributed by atoms with van der Waals surface area (Å²) >= 11 is 0. The Kier molecular flexibility index (Phi) is 5.77. The number of hydrogen-bond acceptors (Lipinski definition) is 3. The average molecular weight is 228 g/mol. The lowest BCUT2D eigenvalue weighted by Crippen LogP contribution is -2.39. The van der Waals surface area contributed by atoms with Crippen molar-refractivity contribution in [3.05, 3.63) is 0 Å². The van der Waals surface area contributed by atoms with E-state index < -0.39 is 0 Å². The molecule has 0 aromatic rings. The summed E-state index contributed by atoms with van der Waals surface area (Å²) in [4.78, 5) is 11.5. The zero-order valence-electron chi connectivity index (χ0n) is 10.6. The van der Waals surface area contributed by atoms with Crippen molar-refractivity contribution < 1.29 is 9.53 Å². The molecule has 2 atom stereocenters. The summed E-state index contributed by atoms with van der Waals surface area (Å²) in [5, 5.41) is 6.18. The van der Waals surface area contributed by atoms with Crippen molar-refractivity contribution in [2.75, 3.05) is 20.2 Å². The van der Waals surface area contributed by atoms with Crippen molar-refractivity contribution in [1.82, 2.24) is 10.6 Å². The van der Waals surface area contributed by atoms with Gasteiger partial charge in [-0.25, -0.2) is 0 Å². The van der Waals surface area contributed by atoms with E-state index in [2.05, 4.69) is 24.5 Å². The molecule has 2 N–H and O–H groups in total. The molecule has 0 aromatic carbocycles. The van der Waals surface area contributed by atoms with Crippen LogP contribution in [0.5, 0.6) is 0 Å². The average Bonchev–Trinajstić information content (AvgIpc) is 2.71. The van der Waals surface area contributed by atoms with Crippen molar-refractivity contribution >= 4 is 5.91 Å². The first-order valence-corrected chi connectivity index (χ1v) is 6.14. The number of hydrogen-bond donors (Lipinski definition) is 2. The second kappa shape index (κ2) is 6.86. The van der Waals surface area contributed by atoms with Crippen LogP contribution in [0.1, 0.15) is 33.1 Å². The highest BCUT2D eigenvalue weighted by Crippen LogP contribution is 2.20. The lowest BCUT2D eigenvalue weighted by atomic mass is 10.2. The minimum absolute atomic E-state index is 0.0922. The van der Waals surface area contributed by atoms with Gasteiger partial charge in [0.2, 0.25) is 5.91 Å². The summed E-state index contributed by atoms with van der Waals surface area (Å²) in [6.07, 6.45) is 3.60. The van der Waals surface area contributed by atoms with E-state index in [1.807, 2.05) is 0 Å². The molecular weight excluding hydrogens is 204 g/mol. The summed E-state index contributed by atoms with van der Waals surface area (Å²) in [5.74, 6) is 0.600. The van der Waals surface area contributed by atoms with Crippen LogP contribution in [0.25, 0.3) is 0 Å². The third kappa shape index (κ3) is 4.94. The van der Waals surface area contributed by atoms with Gasteiger partial charge in [0.05, 0.1) is 12.6 Å². The fourth-order valence-corrected chi connectivity index (χ4v) is 1.96. The Morgan fingerprint density at radius 1 is 1.44 bits per heavy atom. The first kappa shape index (κ1) is 13.5. The van der Waals surface area contributed by atoms with Gasteiger partial charge in [0.25, 0.3) is 0 Å². The molecule has 1 rings (SSSR count). The molecule has 94 valence electrons. The molecular formula is C12H24N2O2. The molecule has 0 radical (unpaired) electrons. The van der Waals surface area contributed by atoms with Crippen LogP contribution < -0.4 is 10.6 Å². The van der Waals surface area contributed by atoms with Gasteiger partial charge in [-0.2, -0.15) is 0 Å². The van der Waals surface area contributed by atoms with Crippen LogP contribution in [0, 0.1) is 5.92 Å². The number of carbonyl (C=O) groups excluding carboxylic acids is 1. The lowest BCUT2D eigenvalue weighted by molar-refractivity contribution is -0.120. The molecule has 0 aliphatic heterocycles. The summed E-state index contributed by atoms with van der Waals surface area (Å²) in [5.41, 5.74) is 0. The number of carbonyl (C=O) groups is 1. The maximum absolute atomic E-state index is 11.5. The second-order valence-electron chi connectivity index (χ2n) is 4.95. The minimum atomic E-state index is 0.0922. The highest BCUT2D eigenvalue weighted by atomic mass is 16.5.